The Labute approximate surface area is 193 Å². The van der Waals surface area contributed by atoms with Crippen molar-refractivity contribution >= 4 is 15.7 Å². The topological polar surface area (TPSA) is 54.4 Å². The first kappa shape index (κ1) is 26.6. The van der Waals surface area contributed by atoms with Crippen LogP contribution in [-0.4, -0.2) is 13.0 Å². The third-order valence-corrected chi connectivity index (χ3v) is 5.32. The van der Waals surface area contributed by atoms with E-state index in [0.29, 0.717) is 11.1 Å². The van der Waals surface area contributed by atoms with Crippen LogP contribution in [-0.2, 0) is 36.3 Å². The second kappa shape index (κ2) is 9.85. The fourth-order valence-electron chi connectivity index (χ4n) is 3.25. The largest absolute Gasteiger partial charge is 3.00 e. The van der Waals surface area contributed by atoms with Gasteiger partial charge in [0.15, 0.2) is 0 Å². The Kier molecular flexibility index (Phi) is 9.68. The van der Waals surface area contributed by atoms with E-state index in [0.717, 1.165) is 22.3 Å². The maximum atomic E-state index is 12.1. The summed E-state index contributed by atoms with van der Waals surface area (Å²) in [5, 5.41) is 0. The summed E-state index contributed by atoms with van der Waals surface area (Å²) in [6.07, 6.45) is 5.30. The van der Waals surface area contributed by atoms with Crippen molar-refractivity contribution in [3.05, 3.63) is 75.2 Å². The SMILES string of the molecule is CC(C)C1=C(S(=O)(=O)O)C2=C(C(C)C)C=C(c3ccccc3)C2=[C-]1.[Cl-].[Cl-].[Zr+3]. The van der Waals surface area contributed by atoms with Gasteiger partial charge in [0.05, 0.1) is 0 Å². The second-order valence-electron chi connectivity index (χ2n) is 6.78. The number of allylic oxidation sites excluding steroid dienone is 7. The van der Waals surface area contributed by atoms with Crippen LogP contribution in [0, 0.1) is 17.9 Å². The molecule has 143 valence electrons. The molecule has 7 heteroatoms. The van der Waals surface area contributed by atoms with E-state index in [1.165, 1.54) is 0 Å². The molecule has 2 aliphatic carbocycles. The van der Waals surface area contributed by atoms with Gasteiger partial charge in [-0.05, 0) is 16.7 Å². The quantitative estimate of drug-likeness (QED) is 0.406. The molecule has 2 aliphatic rings. The van der Waals surface area contributed by atoms with Gasteiger partial charge < -0.3 is 24.8 Å². The third kappa shape index (κ3) is 4.94. The van der Waals surface area contributed by atoms with Crippen molar-refractivity contribution < 1.29 is 64.0 Å². The smallest absolute Gasteiger partial charge is 1.00 e. The number of fused-ring (bicyclic) bond motifs is 1. The molecule has 1 aromatic carbocycles. The Morgan fingerprint density at radius 3 is 1.96 bits per heavy atom. The van der Waals surface area contributed by atoms with Gasteiger partial charge in [-0.3, -0.25) is 4.55 Å². The molecule has 0 saturated carbocycles. The molecule has 27 heavy (non-hydrogen) atoms. The molecule has 0 aromatic heterocycles. The summed E-state index contributed by atoms with van der Waals surface area (Å²) in [7, 11) is -4.32. The van der Waals surface area contributed by atoms with Gasteiger partial charge >= 0.3 is 26.2 Å². The minimum absolute atomic E-state index is 0. The first-order chi connectivity index (χ1) is 11.2. The Hall–Kier alpha value is -0.447. The zero-order chi connectivity index (χ0) is 17.6. The molecule has 3 nitrogen and oxygen atoms in total. The van der Waals surface area contributed by atoms with Gasteiger partial charge in [0.25, 0.3) is 10.1 Å². The van der Waals surface area contributed by atoms with Gasteiger partial charge in [0.1, 0.15) is 0 Å². The number of hydrogen-bond acceptors (Lipinski definition) is 2. The minimum atomic E-state index is -4.32. The van der Waals surface area contributed by atoms with Crippen LogP contribution in [0.25, 0.3) is 5.57 Å². The summed E-state index contributed by atoms with van der Waals surface area (Å²) in [4.78, 5) is 0.0263. The summed E-state index contributed by atoms with van der Waals surface area (Å²) in [6.45, 7) is 7.88. The minimum Gasteiger partial charge on any atom is -1.00 e. The number of benzene rings is 1. The molecule has 0 amide bonds. The third-order valence-electron chi connectivity index (χ3n) is 4.38. The van der Waals surface area contributed by atoms with E-state index in [4.69, 9.17) is 0 Å². The molecular formula is C20H21Cl2O3SZr. The summed E-state index contributed by atoms with van der Waals surface area (Å²) in [6, 6.07) is 9.87. The normalized spacial score (nSPS) is 15.8. The van der Waals surface area contributed by atoms with Crippen molar-refractivity contribution in [3.63, 3.8) is 0 Å². The van der Waals surface area contributed by atoms with Crippen LogP contribution in [0.3, 0.4) is 0 Å². The molecule has 0 atom stereocenters. The van der Waals surface area contributed by atoms with E-state index in [2.05, 4.69) is 6.08 Å². The molecule has 0 saturated heterocycles. The number of hydrogen-bond donors (Lipinski definition) is 1. The van der Waals surface area contributed by atoms with Crippen molar-refractivity contribution in [1.82, 2.24) is 0 Å². The van der Waals surface area contributed by atoms with Crippen LogP contribution < -0.4 is 24.8 Å². The molecule has 0 fully saturated rings. The van der Waals surface area contributed by atoms with Gasteiger partial charge in [-0.2, -0.15) is 0 Å². The summed E-state index contributed by atoms with van der Waals surface area (Å²) in [5.74, 6) is 0.0965. The summed E-state index contributed by atoms with van der Waals surface area (Å²) >= 11 is 0. The Bertz CT molecular complexity index is 925. The van der Waals surface area contributed by atoms with Crippen molar-refractivity contribution in [3.8, 4) is 0 Å². The van der Waals surface area contributed by atoms with Crippen molar-refractivity contribution in [1.29, 1.82) is 0 Å². The Morgan fingerprint density at radius 2 is 1.52 bits per heavy atom. The van der Waals surface area contributed by atoms with Crippen molar-refractivity contribution in [2.24, 2.45) is 11.8 Å². The fourth-order valence-corrected chi connectivity index (χ4v) is 4.30. The molecule has 0 bridgehead atoms. The standard InChI is InChI=1S/C20H21O3S.2ClH.Zr/c1-12(2)15-10-17(14-8-6-5-7-9-14)18-11-16(13(3)4)20(19(15)18)24(21,22)23;;;/h5-10,12-13H,1-4H3,(H,21,22,23);2*1H;/q-1;;;+3/p-2. The number of rotatable bonds is 4. The molecule has 1 aromatic rings. The van der Waals surface area contributed by atoms with E-state index in [1.807, 2.05) is 64.1 Å². The van der Waals surface area contributed by atoms with Crippen LogP contribution in [0.2, 0.25) is 0 Å². The molecule has 1 radical (unpaired) electrons. The Morgan fingerprint density at radius 1 is 0.963 bits per heavy atom. The molecule has 1 N–H and O–H groups in total. The van der Waals surface area contributed by atoms with E-state index in [9.17, 15) is 13.0 Å². The monoisotopic (exact) mass is 501 g/mol. The maximum absolute atomic E-state index is 12.1. The van der Waals surface area contributed by atoms with E-state index < -0.39 is 10.1 Å². The van der Waals surface area contributed by atoms with Gasteiger partial charge in [-0.15, -0.1) is 28.9 Å². The van der Waals surface area contributed by atoms with Gasteiger partial charge in [0.2, 0.25) is 0 Å². The fraction of sp³-hybridized carbons (Fsp3) is 0.300. The summed E-state index contributed by atoms with van der Waals surface area (Å²) in [5.41, 5.74) is 4.87. The first-order valence-electron chi connectivity index (χ1n) is 8.09. The zero-order valence-corrected chi connectivity index (χ0v) is 20.3. The van der Waals surface area contributed by atoms with E-state index in [-0.39, 0.29) is 67.8 Å². The molecule has 0 aliphatic heterocycles. The maximum Gasteiger partial charge on any atom is 3.00 e. The molecule has 0 unspecified atom stereocenters. The van der Waals surface area contributed by atoms with Crippen LogP contribution >= 0.6 is 0 Å². The van der Waals surface area contributed by atoms with Crippen LogP contribution in [0.15, 0.2) is 63.6 Å². The number of halogens is 2. The van der Waals surface area contributed by atoms with Gasteiger partial charge in [-0.1, -0.05) is 74.7 Å². The predicted octanol–water partition coefficient (Wildman–Crippen LogP) is -1.42. The van der Waals surface area contributed by atoms with Crippen LogP contribution in [0.1, 0.15) is 33.3 Å². The van der Waals surface area contributed by atoms with Crippen LogP contribution in [0.4, 0.5) is 0 Å². The zero-order valence-electron chi connectivity index (χ0n) is 15.5. The Balaban J connectivity index is 0.00000225. The van der Waals surface area contributed by atoms with E-state index >= 15 is 0 Å². The predicted molar refractivity (Wildman–Crippen MR) is 96.5 cm³/mol. The molecule has 0 spiro atoms. The summed E-state index contributed by atoms with van der Waals surface area (Å²) < 4.78 is 34.0. The molecule has 0 heterocycles. The average Bonchev–Trinajstić information content (AvgIpc) is 3.03. The van der Waals surface area contributed by atoms with Gasteiger partial charge in [0, 0.05) is 0 Å². The van der Waals surface area contributed by atoms with Crippen molar-refractivity contribution in [2.75, 3.05) is 0 Å². The average molecular weight is 504 g/mol. The molecule has 3 rings (SSSR count). The van der Waals surface area contributed by atoms with Crippen LogP contribution in [0.5, 0.6) is 0 Å². The first-order valence-corrected chi connectivity index (χ1v) is 9.53. The van der Waals surface area contributed by atoms with Gasteiger partial charge in [-0.25, -0.2) is 8.42 Å². The van der Waals surface area contributed by atoms with Crippen molar-refractivity contribution in [2.45, 2.75) is 27.7 Å². The second-order valence-corrected chi connectivity index (χ2v) is 8.14. The molecular weight excluding hydrogens is 482 g/mol. The van der Waals surface area contributed by atoms with E-state index in [1.54, 1.807) is 0 Å².